The number of allylic oxidation sites excluding steroid dienone is 8. The van der Waals surface area contributed by atoms with Crippen LogP contribution >= 0.6 is 0 Å². The van der Waals surface area contributed by atoms with Gasteiger partial charge in [0.05, 0.1) is 17.6 Å². The summed E-state index contributed by atoms with van der Waals surface area (Å²) in [6.45, 7) is 39.1. The zero-order valence-electron chi connectivity index (χ0n) is 25.5. The van der Waals surface area contributed by atoms with E-state index >= 15 is 0 Å². The van der Waals surface area contributed by atoms with E-state index in [0.717, 1.165) is 30.5 Å². The van der Waals surface area contributed by atoms with E-state index in [4.69, 9.17) is 5.73 Å². The van der Waals surface area contributed by atoms with Gasteiger partial charge in [0.1, 0.15) is 5.82 Å². The third-order valence-electron chi connectivity index (χ3n) is 4.58. The predicted molar refractivity (Wildman–Crippen MR) is 173 cm³/mol. The van der Waals surface area contributed by atoms with Crippen LogP contribution in [0.25, 0.3) is 0 Å². The molecule has 0 aliphatic rings. The van der Waals surface area contributed by atoms with Gasteiger partial charge in [0.2, 0.25) is 0 Å². The third kappa shape index (κ3) is 20.6. The summed E-state index contributed by atoms with van der Waals surface area (Å²) in [5.41, 5.74) is 11.8. The first kappa shape index (κ1) is 36.6. The maximum absolute atomic E-state index is 4.92. The van der Waals surface area contributed by atoms with Crippen molar-refractivity contribution in [3.63, 3.8) is 0 Å². The number of rotatable bonds is 15. The predicted octanol–water partition coefficient (Wildman–Crippen LogP) is 8.03. The molecule has 0 saturated heterocycles. The Kier molecular flexibility index (Phi) is 18.8. The van der Waals surface area contributed by atoms with E-state index in [1.54, 1.807) is 19.2 Å². The molecule has 0 aromatic carbocycles. The van der Waals surface area contributed by atoms with Gasteiger partial charge in [-0.15, -0.1) is 0 Å². The van der Waals surface area contributed by atoms with E-state index in [-0.39, 0.29) is 5.41 Å². The summed E-state index contributed by atoms with van der Waals surface area (Å²) >= 11 is 0. The van der Waals surface area contributed by atoms with Crippen molar-refractivity contribution in [2.45, 2.75) is 61.3 Å². The van der Waals surface area contributed by atoms with Crippen LogP contribution in [0.3, 0.4) is 0 Å². The molecular formula is C33H53N5. The van der Waals surface area contributed by atoms with E-state index in [9.17, 15) is 0 Å². The summed E-state index contributed by atoms with van der Waals surface area (Å²) in [5, 5.41) is 3.38. The standard InChI is InChI=1S/C30H46N4.C3H7N/c1-13-15-27(19-24(5)18-25(6)20-30(8,9)10)16-17-32-26(7)28(14-2)33-29(21-31-11)34(12)22-23(3)4;1-3(2)4/h13-15,18-19,21,32H,2-3,6-7,11,16-17,20,22H2,1,4-5,8-10,12H3;1,4H2,2H3/b15-13-,24-18+,27-19+,29-21-,33-28+;. The van der Waals surface area contributed by atoms with Crippen LogP contribution in [-0.2, 0) is 0 Å². The molecule has 3 N–H and O–H groups in total. The molecule has 0 bridgehead atoms. The van der Waals surface area contributed by atoms with Crippen molar-refractivity contribution in [2.75, 3.05) is 20.1 Å². The first-order valence-electron chi connectivity index (χ1n) is 12.8. The normalized spacial score (nSPS) is 12.8. The minimum absolute atomic E-state index is 0.231. The summed E-state index contributed by atoms with van der Waals surface area (Å²) in [6.07, 6.45) is 13.7. The van der Waals surface area contributed by atoms with Crippen molar-refractivity contribution in [1.29, 1.82) is 0 Å². The van der Waals surface area contributed by atoms with Crippen LogP contribution in [0.2, 0.25) is 0 Å². The Bertz CT molecular complexity index is 987. The third-order valence-corrected chi connectivity index (χ3v) is 4.58. The van der Waals surface area contributed by atoms with Gasteiger partial charge in [-0.25, -0.2) is 4.99 Å². The highest BCUT2D eigenvalue weighted by molar-refractivity contribution is 6.07. The largest absolute Gasteiger partial charge is 0.403 e. The quantitative estimate of drug-likeness (QED) is 0.131. The molecular weight excluding hydrogens is 466 g/mol. The number of likely N-dealkylation sites (N-methyl/N-ethyl adjacent to an activating group) is 1. The SMILES string of the molecule is C=C(C)N.C=C/C(=N\C(=C\N=C)N(C)CC(=C)C)C(=C)NCCC(/C=C\C)=C/C(C)=C/C(=C)CC(C)(C)C. The molecule has 0 aromatic rings. The Morgan fingerprint density at radius 1 is 1.05 bits per heavy atom. The smallest absolute Gasteiger partial charge is 0.147 e. The topological polar surface area (TPSA) is 66.0 Å². The Morgan fingerprint density at radius 3 is 2.08 bits per heavy atom. The summed E-state index contributed by atoms with van der Waals surface area (Å²) in [4.78, 5) is 10.5. The molecule has 38 heavy (non-hydrogen) atoms. The van der Waals surface area contributed by atoms with E-state index in [0.29, 0.717) is 29.5 Å². The van der Waals surface area contributed by atoms with Crippen LogP contribution in [0.4, 0.5) is 0 Å². The Labute approximate surface area is 234 Å². The molecule has 0 rings (SSSR count). The zero-order chi connectivity index (χ0) is 29.9. The van der Waals surface area contributed by atoms with Gasteiger partial charge in [-0.1, -0.05) is 94.7 Å². The molecule has 0 unspecified atom stereocenters. The van der Waals surface area contributed by atoms with Crippen LogP contribution in [0, 0.1) is 5.41 Å². The second-order valence-corrected chi connectivity index (χ2v) is 10.7. The van der Waals surface area contributed by atoms with Gasteiger partial charge in [0, 0.05) is 20.1 Å². The van der Waals surface area contributed by atoms with Crippen molar-refractivity contribution in [2.24, 2.45) is 21.1 Å². The number of nitrogens with zero attached hydrogens (tertiary/aromatic N) is 3. The van der Waals surface area contributed by atoms with Crippen LogP contribution < -0.4 is 11.1 Å². The lowest BCUT2D eigenvalue weighted by Gasteiger charge is -2.20. The lowest BCUT2D eigenvalue weighted by molar-refractivity contribution is 0.413. The second kappa shape index (κ2) is 19.5. The Hall–Kier alpha value is -3.60. The lowest BCUT2D eigenvalue weighted by Crippen LogP contribution is -2.23. The molecule has 0 saturated carbocycles. The summed E-state index contributed by atoms with van der Waals surface area (Å²) < 4.78 is 0. The summed E-state index contributed by atoms with van der Waals surface area (Å²) in [6, 6.07) is 0. The molecule has 0 heterocycles. The second-order valence-electron chi connectivity index (χ2n) is 10.7. The molecule has 0 aliphatic heterocycles. The van der Waals surface area contributed by atoms with Crippen molar-refractivity contribution in [3.05, 3.63) is 109 Å². The first-order chi connectivity index (χ1) is 17.6. The van der Waals surface area contributed by atoms with Crippen LogP contribution in [0.1, 0.15) is 61.3 Å². The van der Waals surface area contributed by atoms with E-state index in [1.807, 2.05) is 25.8 Å². The van der Waals surface area contributed by atoms with Crippen LogP contribution in [0.5, 0.6) is 0 Å². The number of nitrogens with one attached hydrogen (secondary N) is 1. The van der Waals surface area contributed by atoms with Crippen molar-refractivity contribution >= 4 is 12.4 Å². The van der Waals surface area contributed by atoms with Crippen molar-refractivity contribution in [3.8, 4) is 0 Å². The Morgan fingerprint density at radius 2 is 1.63 bits per heavy atom. The number of hydrogen-bond acceptors (Lipinski definition) is 5. The fourth-order valence-corrected chi connectivity index (χ4v) is 3.39. The Balaban J connectivity index is 0. The van der Waals surface area contributed by atoms with Gasteiger partial charge < -0.3 is 16.0 Å². The van der Waals surface area contributed by atoms with Gasteiger partial charge in [-0.3, -0.25) is 4.99 Å². The molecule has 5 nitrogen and oxygen atoms in total. The molecule has 0 aliphatic carbocycles. The highest BCUT2D eigenvalue weighted by Crippen LogP contribution is 2.24. The van der Waals surface area contributed by atoms with Crippen molar-refractivity contribution < 1.29 is 0 Å². The molecule has 0 aromatic heterocycles. The molecule has 0 fully saturated rings. The van der Waals surface area contributed by atoms with Gasteiger partial charge in [0.25, 0.3) is 0 Å². The average molecular weight is 520 g/mol. The minimum atomic E-state index is 0.231. The number of hydrogen-bond donors (Lipinski definition) is 2. The average Bonchev–Trinajstić information content (AvgIpc) is 2.74. The number of aliphatic imine (C=N–C) groups is 2. The first-order valence-corrected chi connectivity index (χ1v) is 12.8. The maximum Gasteiger partial charge on any atom is 0.147 e. The fourth-order valence-electron chi connectivity index (χ4n) is 3.39. The van der Waals surface area contributed by atoms with Crippen LogP contribution in [0.15, 0.2) is 119 Å². The highest BCUT2D eigenvalue weighted by Gasteiger charge is 2.11. The van der Waals surface area contributed by atoms with Gasteiger partial charge >= 0.3 is 0 Å². The van der Waals surface area contributed by atoms with E-state index in [1.165, 1.54) is 11.1 Å². The van der Waals surface area contributed by atoms with Crippen molar-refractivity contribution in [1.82, 2.24) is 10.2 Å². The fraction of sp³-hybridized carbons (Fsp3) is 0.394. The highest BCUT2D eigenvalue weighted by atomic mass is 15.2. The monoisotopic (exact) mass is 519 g/mol. The maximum atomic E-state index is 4.92. The number of nitrogens with two attached hydrogens (primary N) is 1. The zero-order valence-corrected chi connectivity index (χ0v) is 25.5. The summed E-state index contributed by atoms with van der Waals surface area (Å²) in [5.74, 6) is 0.668. The van der Waals surface area contributed by atoms with E-state index < -0.39 is 0 Å². The lowest BCUT2D eigenvalue weighted by atomic mass is 9.88. The molecule has 0 amide bonds. The molecule has 0 radical (unpaired) electrons. The van der Waals surface area contributed by atoms with Gasteiger partial charge in [-0.05, 0) is 70.0 Å². The minimum Gasteiger partial charge on any atom is -0.403 e. The van der Waals surface area contributed by atoms with Crippen LogP contribution in [-0.4, -0.2) is 37.5 Å². The molecule has 0 spiro atoms. The van der Waals surface area contributed by atoms with Gasteiger partial charge in [0.15, 0.2) is 0 Å². The molecule has 0 atom stereocenters. The summed E-state index contributed by atoms with van der Waals surface area (Å²) in [7, 11) is 1.94. The molecule has 5 heteroatoms. The van der Waals surface area contributed by atoms with E-state index in [2.05, 4.69) is 107 Å². The van der Waals surface area contributed by atoms with Gasteiger partial charge in [-0.2, -0.15) is 0 Å². The molecule has 210 valence electrons.